The average Bonchev–Trinajstić information content (AvgIpc) is 2.57. The lowest BCUT2D eigenvalue weighted by atomic mass is 10.1. The Balaban J connectivity index is 1.52. The highest BCUT2D eigenvalue weighted by atomic mass is 19.4. The van der Waals surface area contributed by atoms with Gasteiger partial charge in [0.15, 0.2) is 0 Å². The lowest BCUT2D eigenvalue weighted by Crippen LogP contribution is -2.45. The second kappa shape index (κ2) is 7.32. The van der Waals surface area contributed by atoms with Crippen molar-refractivity contribution in [2.24, 2.45) is 0 Å². The third-order valence-electron chi connectivity index (χ3n) is 4.25. The van der Waals surface area contributed by atoms with Gasteiger partial charge in [-0.05, 0) is 23.3 Å². The first-order valence-electron chi connectivity index (χ1n) is 8.00. The maximum Gasteiger partial charge on any atom is 0.416 e. The summed E-state index contributed by atoms with van der Waals surface area (Å²) in [5.41, 5.74) is 1.32. The highest BCUT2D eigenvalue weighted by Gasteiger charge is 2.30. The van der Waals surface area contributed by atoms with Gasteiger partial charge < -0.3 is 0 Å². The summed E-state index contributed by atoms with van der Waals surface area (Å²) in [7, 11) is 0. The van der Waals surface area contributed by atoms with Gasteiger partial charge in [-0.15, -0.1) is 0 Å². The van der Waals surface area contributed by atoms with E-state index in [2.05, 4.69) is 20.9 Å². The molecule has 0 amide bonds. The molecule has 0 atom stereocenters. The van der Waals surface area contributed by atoms with Crippen LogP contribution in [0.4, 0.5) is 13.2 Å². The van der Waals surface area contributed by atoms with E-state index in [-0.39, 0.29) is 0 Å². The predicted molar refractivity (Wildman–Crippen MR) is 86.2 cm³/mol. The van der Waals surface area contributed by atoms with Gasteiger partial charge in [0.1, 0.15) is 0 Å². The van der Waals surface area contributed by atoms with Crippen LogP contribution >= 0.6 is 0 Å². The Morgan fingerprint density at radius 3 is 2.08 bits per heavy atom. The number of hydrogen-bond donors (Lipinski definition) is 0. The molecule has 0 spiro atoms. The summed E-state index contributed by atoms with van der Waals surface area (Å²) < 4.78 is 38.3. The number of rotatable bonds is 4. The maximum atomic E-state index is 12.8. The number of halogens is 3. The molecule has 24 heavy (non-hydrogen) atoms. The molecule has 1 fully saturated rings. The number of aromatic nitrogens is 1. The topological polar surface area (TPSA) is 19.4 Å². The van der Waals surface area contributed by atoms with Crippen molar-refractivity contribution in [2.45, 2.75) is 19.3 Å². The van der Waals surface area contributed by atoms with Crippen LogP contribution in [0.2, 0.25) is 0 Å². The summed E-state index contributed by atoms with van der Waals surface area (Å²) in [4.78, 5) is 8.67. The number of alkyl halides is 3. The summed E-state index contributed by atoms with van der Waals surface area (Å²) in [5.74, 6) is 0. The summed E-state index contributed by atoms with van der Waals surface area (Å²) in [6.45, 7) is 4.96. The first-order chi connectivity index (χ1) is 11.5. The number of pyridine rings is 1. The van der Waals surface area contributed by atoms with Crippen LogP contribution in [-0.2, 0) is 19.3 Å². The average molecular weight is 335 g/mol. The van der Waals surface area contributed by atoms with Crippen LogP contribution in [0.15, 0.2) is 48.8 Å². The zero-order valence-corrected chi connectivity index (χ0v) is 13.3. The van der Waals surface area contributed by atoms with Crippen molar-refractivity contribution < 1.29 is 13.2 Å². The van der Waals surface area contributed by atoms with Gasteiger partial charge in [0.25, 0.3) is 0 Å². The van der Waals surface area contributed by atoms with Crippen LogP contribution in [0.3, 0.4) is 0 Å². The molecule has 1 aliphatic heterocycles. The highest BCUT2D eigenvalue weighted by molar-refractivity contribution is 5.25. The molecule has 0 unspecified atom stereocenters. The van der Waals surface area contributed by atoms with Crippen molar-refractivity contribution in [3.05, 3.63) is 65.5 Å². The number of piperazine rings is 1. The number of hydrogen-bond acceptors (Lipinski definition) is 3. The van der Waals surface area contributed by atoms with Gasteiger partial charge in [0, 0.05) is 51.7 Å². The molecule has 0 N–H and O–H groups in total. The van der Waals surface area contributed by atoms with Gasteiger partial charge in [0.2, 0.25) is 0 Å². The predicted octanol–water partition coefficient (Wildman–Crippen LogP) is 3.42. The molecular weight excluding hydrogens is 315 g/mol. The van der Waals surface area contributed by atoms with Crippen LogP contribution in [0.5, 0.6) is 0 Å². The zero-order valence-electron chi connectivity index (χ0n) is 13.3. The molecule has 3 rings (SSSR count). The van der Waals surface area contributed by atoms with Gasteiger partial charge in [-0.25, -0.2) is 0 Å². The smallest absolute Gasteiger partial charge is 0.297 e. The normalized spacial score (nSPS) is 17.1. The van der Waals surface area contributed by atoms with Gasteiger partial charge in [0.05, 0.1) is 5.56 Å². The number of nitrogens with zero attached hydrogens (tertiary/aromatic N) is 3. The SMILES string of the molecule is FC(F)(F)c1cccc(CN2CCN(Cc3cccnc3)CC2)c1. The molecule has 128 valence electrons. The molecule has 0 aliphatic carbocycles. The minimum atomic E-state index is -4.28. The van der Waals surface area contributed by atoms with Crippen molar-refractivity contribution in [2.75, 3.05) is 26.2 Å². The van der Waals surface area contributed by atoms with Crippen LogP contribution in [0.25, 0.3) is 0 Å². The molecule has 1 saturated heterocycles. The zero-order chi connectivity index (χ0) is 17.0. The van der Waals surface area contributed by atoms with E-state index in [4.69, 9.17) is 0 Å². The van der Waals surface area contributed by atoms with E-state index >= 15 is 0 Å². The van der Waals surface area contributed by atoms with Crippen molar-refractivity contribution in [1.82, 2.24) is 14.8 Å². The first kappa shape index (κ1) is 16.9. The quantitative estimate of drug-likeness (QED) is 0.853. The van der Waals surface area contributed by atoms with Gasteiger partial charge in [-0.2, -0.15) is 13.2 Å². The molecule has 2 heterocycles. The van der Waals surface area contributed by atoms with Crippen LogP contribution in [0, 0.1) is 0 Å². The fourth-order valence-electron chi connectivity index (χ4n) is 2.96. The lowest BCUT2D eigenvalue weighted by molar-refractivity contribution is -0.137. The van der Waals surface area contributed by atoms with Crippen LogP contribution < -0.4 is 0 Å². The molecule has 2 aromatic rings. The molecule has 0 saturated carbocycles. The fourth-order valence-corrected chi connectivity index (χ4v) is 2.96. The van der Waals surface area contributed by atoms with E-state index in [9.17, 15) is 13.2 Å². The molecule has 6 heteroatoms. The van der Waals surface area contributed by atoms with E-state index in [0.717, 1.165) is 38.8 Å². The molecule has 1 aromatic heterocycles. The van der Waals surface area contributed by atoms with Gasteiger partial charge in [-0.1, -0.05) is 24.3 Å². The minimum Gasteiger partial charge on any atom is -0.297 e. The van der Waals surface area contributed by atoms with Gasteiger partial charge >= 0.3 is 6.18 Å². The Morgan fingerprint density at radius 1 is 0.875 bits per heavy atom. The maximum absolute atomic E-state index is 12.8. The molecular formula is C18H20F3N3. The monoisotopic (exact) mass is 335 g/mol. The Hall–Kier alpha value is -1.92. The lowest BCUT2D eigenvalue weighted by Gasteiger charge is -2.34. The van der Waals surface area contributed by atoms with Crippen LogP contribution in [0.1, 0.15) is 16.7 Å². The third-order valence-corrected chi connectivity index (χ3v) is 4.25. The summed E-state index contributed by atoms with van der Waals surface area (Å²) in [6, 6.07) is 9.60. The highest BCUT2D eigenvalue weighted by Crippen LogP contribution is 2.29. The molecule has 1 aromatic carbocycles. The summed E-state index contributed by atoms with van der Waals surface area (Å²) in [5, 5.41) is 0. The summed E-state index contributed by atoms with van der Waals surface area (Å²) in [6.07, 6.45) is -0.649. The fraction of sp³-hybridized carbons (Fsp3) is 0.389. The van der Waals surface area contributed by atoms with Gasteiger partial charge in [-0.3, -0.25) is 14.8 Å². The Labute approximate surface area is 139 Å². The second-order valence-corrected chi connectivity index (χ2v) is 6.11. The largest absolute Gasteiger partial charge is 0.416 e. The molecule has 0 bridgehead atoms. The van der Waals surface area contributed by atoms with Crippen molar-refractivity contribution in [3.63, 3.8) is 0 Å². The first-order valence-corrected chi connectivity index (χ1v) is 8.00. The van der Waals surface area contributed by atoms with Crippen molar-refractivity contribution >= 4 is 0 Å². The second-order valence-electron chi connectivity index (χ2n) is 6.11. The Bertz CT molecular complexity index is 650. The standard InChI is InChI=1S/C18H20F3N3/c19-18(20,21)17-5-1-3-15(11-17)13-23-7-9-24(10-8-23)14-16-4-2-6-22-12-16/h1-6,11-12H,7-10,13-14H2. The molecule has 0 radical (unpaired) electrons. The Morgan fingerprint density at radius 2 is 1.50 bits per heavy atom. The third kappa shape index (κ3) is 4.55. The Kier molecular flexibility index (Phi) is 5.16. The van der Waals surface area contributed by atoms with Crippen molar-refractivity contribution in [3.8, 4) is 0 Å². The van der Waals surface area contributed by atoms with E-state index < -0.39 is 11.7 Å². The van der Waals surface area contributed by atoms with E-state index in [1.807, 2.05) is 12.3 Å². The van der Waals surface area contributed by atoms with E-state index in [1.165, 1.54) is 17.7 Å². The molecule has 1 aliphatic rings. The molecule has 3 nitrogen and oxygen atoms in total. The van der Waals surface area contributed by atoms with E-state index in [0.29, 0.717) is 12.1 Å². The van der Waals surface area contributed by atoms with E-state index in [1.54, 1.807) is 12.3 Å². The van der Waals surface area contributed by atoms with Crippen LogP contribution in [-0.4, -0.2) is 41.0 Å². The summed E-state index contributed by atoms with van der Waals surface area (Å²) >= 11 is 0. The van der Waals surface area contributed by atoms with Crippen molar-refractivity contribution in [1.29, 1.82) is 0 Å². The number of benzene rings is 1. The minimum absolute atomic E-state index is 0.560.